The molecule has 0 aliphatic carbocycles. The number of hydrogen-bond acceptors (Lipinski definition) is 3. The number of methoxy groups -OCH3 is 1. The van der Waals surface area contributed by atoms with Gasteiger partial charge in [-0.05, 0) is 29.7 Å². The zero-order chi connectivity index (χ0) is 10.8. The highest BCUT2D eigenvalue weighted by Crippen LogP contribution is 2.13. The van der Waals surface area contributed by atoms with E-state index in [1.807, 2.05) is 44.4 Å². The molecule has 0 radical (unpaired) electrons. The maximum atomic E-state index is 5.17. The summed E-state index contributed by atoms with van der Waals surface area (Å²) in [6, 6.07) is 7.85. The third kappa shape index (κ3) is 5.14. The summed E-state index contributed by atoms with van der Waals surface area (Å²) < 4.78 is 10.2. The summed E-state index contributed by atoms with van der Waals surface area (Å²) >= 11 is 1.38. The fourth-order valence-corrected chi connectivity index (χ4v) is 1.10. The lowest BCUT2D eigenvalue weighted by atomic mass is 10.2. The lowest BCUT2D eigenvalue weighted by Gasteiger charge is -2.02. The van der Waals surface area contributed by atoms with Gasteiger partial charge in [-0.15, -0.1) is 0 Å². The van der Waals surface area contributed by atoms with Gasteiger partial charge in [0.1, 0.15) is 5.75 Å². The molecule has 0 heterocycles. The van der Waals surface area contributed by atoms with Crippen molar-refractivity contribution >= 4 is 12.0 Å². The molecule has 3 heteroatoms. The van der Waals surface area contributed by atoms with E-state index in [1.54, 1.807) is 7.11 Å². The largest absolute Gasteiger partial charge is 0.497 e. The normalized spacial score (nSPS) is 8.86. The average Bonchev–Trinajstić information content (AvgIpc) is 2.30. The van der Waals surface area contributed by atoms with Crippen LogP contribution in [-0.4, -0.2) is 13.4 Å². The van der Waals surface area contributed by atoms with Gasteiger partial charge in [-0.2, -0.15) is 0 Å². The Hall–Kier alpha value is -0.670. The van der Waals surface area contributed by atoms with Crippen LogP contribution in [0.2, 0.25) is 0 Å². The third-order valence-corrected chi connectivity index (χ3v) is 1.86. The molecule has 0 fully saturated rings. The Balaban J connectivity index is 0.000000791. The van der Waals surface area contributed by atoms with E-state index in [0.717, 1.165) is 11.3 Å². The molecule has 0 aliphatic heterocycles. The molecule has 0 bridgehead atoms. The van der Waals surface area contributed by atoms with Crippen LogP contribution in [0.3, 0.4) is 0 Å². The van der Waals surface area contributed by atoms with Crippen LogP contribution in [0.25, 0.3) is 0 Å². The highest BCUT2D eigenvalue weighted by Gasteiger charge is 1.93. The Labute approximate surface area is 90.8 Å². The third-order valence-electron chi connectivity index (χ3n) is 1.50. The van der Waals surface area contributed by atoms with Gasteiger partial charge in [-0.1, -0.05) is 26.0 Å². The van der Waals surface area contributed by atoms with Crippen LogP contribution in [0.15, 0.2) is 24.3 Å². The van der Waals surface area contributed by atoms with Crippen molar-refractivity contribution in [3.05, 3.63) is 29.8 Å². The van der Waals surface area contributed by atoms with E-state index in [1.165, 1.54) is 12.0 Å². The van der Waals surface area contributed by atoms with Gasteiger partial charge in [0.15, 0.2) is 0 Å². The van der Waals surface area contributed by atoms with Crippen molar-refractivity contribution in [1.82, 2.24) is 0 Å². The fourth-order valence-electron chi connectivity index (χ4n) is 0.849. The fraction of sp³-hybridized carbons (Fsp3) is 0.455. The first kappa shape index (κ1) is 13.3. The molecule has 1 aromatic rings. The van der Waals surface area contributed by atoms with Gasteiger partial charge in [0.2, 0.25) is 0 Å². The van der Waals surface area contributed by atoms with E-state index >= 15 is 0 Å². The molecule has 1 aromatic carbocycles. The van der Waals surface area contributed by atoms with Crippen molar-refractivity contribution in [2.45, 2.75) is 20.5 Å². The Kier molecular flexibility index (Phi) is 8.48. The lowest BCUT2D eigenvalue weighted by Crippen LogP contribution is -1.86. The second-order valence-corrected chi connectivity index (χ2v) is 2.85. The zero-order valence-electron chi connectivity index (χ0n) is 9.24. The molecular weight excluding hydrogens is 196 g/mol. The predicted molar refractivity (Wildman–Crippen MR) is 62.6 cm³/mol. The lowest BCUT2D eigenvalue weighted by molar-refractivity contribution is 0.365. The molecule has 0 saturated heterocycles. The Morgan fingerprint density at radius 2 is 1.71 bits per heavy atom. The van der Waals surface area contributed by atoms with Gasteiger partial charge < -0.3 is 8.92 Å². The van der Waals surface area contributed by atoms with Gasteiger partial charge in [0, 0.05) is 6.26 Å². The summed E-state index contributed by atoms with van der Waals surface area (Å²) in [4.78, 5) is 0. The predicted octanol–water partition coefficient (Wildman–Crippen LogP) is 3.52. The number of ether oxygens (including phenoxy) is 1. The Bertz CT molecular complexity index is 221. The Morgan fingerprint density at radius 1 is 1.14 bits per heavy atom. The second-order valence-electron chi connectivity index (χ2n) is 2.28. The summed E-state index contributed by atoms with van der Waals surface area (Å²) in [5, 5.41) is 0. The Morgan fingerprint density at radius 3 is 2.14 bits per heavy atom. The minimum atomic E-state index is 0.644. The van der Waals surface area contributed by atoms with Crippen LogP contribution < -0.4 is 4.74 Å². The standard InChI is InChI=1S/C9H12O2S.C2H6/c1-10-9-5-3-8(4-6-9)7-11-12-2;1-2/h3-6H,7H2,1-2H3;1-2H3. The first-order valence-electron chi connectivity index (χ1n) is 4.65. The van der Waals surface area contributed by atoms with E-state index < -0.39 is 0 Å². The minimum Gasteiger partial charge on any atom is -0.497 e. The molecule has 80 valence electrons. The zero-order valence-corrected chi connectivity index (χ0v) is 10.1. The summed E-state index contributed by atoms with van der Waals surface area (Å²) in [7, 11) is 1.66. The number of hydrogen-bond donors (Lipinski definition) is 0. The van der Waals surface area contributed by atoms with Crippen molar-refractivity contribution < 1.29 is 8.92 Å². The maximum Gasteiger partial charge on any atom is 0.118 e. The highest BCUT2D eigenvalue weighted by atomic mass is 32.2. The van der Waals surface area contributed by atoms with Crippen molar-refractivity contribution in [3.8, 4) is 5.75 Å². The topological polar surface area (TPSA) is 18.5 Å². The van der Waals surface area contributed by atoms with Gasteiger partial charge >= 0.3 is 0 Å². The van der Waals surface area contributed by atoms with E-state index in [0.29, 0.717) is 6.61 Å². The maximum absolute atomic E-state index is 5.17. The first-order valence-corrected chi connectivity index (χ1v) is 5.80. The molecule has 0 spiro atoms. The summed E-state index contributed by atoms with van der Waals surface area (Å²) in [5.41, 5.74) is 1.16. The summed E-state index contributed by atoms with van der Waals surface area (Å²) in [6.45, 7) is 4.64. The van der Waals surface area contributed by atoms with Gasteiger partial charge in [0.05, 0.1) is 13.7 Å². The van der Waals surface area contributed by atoms with Gasteiger partial charge in [-0.25, -0.2) is 0 Å². The average molecular weight is 214 g/mol. The van der Waals surface area contributed by atoms with E-state index in [-0.39, 0.29) is 0 Å². The van der Waals surface area contributed by atoms with E-state index in [2.05, 4.69) is 0 Å². The molecule has 0 unspecified atom stereocenters. The quantitative estimate of drug-likeness (QED) is 0.714. The molecule has 1 rings (SSSR count). The van der Waals surface area contributed by atoms with Crippen molar-refractivity contribution in [3.63, 3.8) is 0 Å². The monoisotopic (exact) mass is 214 g/mol. The molecule has 14 heavy (non-hydrogen) atoms. The van der Waals surface area contributed by atoms with Crippen LogP contribution in [-0.2, 0) is 10.8 Å². The van der Waals surface area contributed by atoms with Crippen molar-refractivity contribution in [2.24, 2.45) is 0 Å². The van der Waals surface area contributed by atoms with Crippen LogP contribution in [0.4, 0.5) is 0 Å². The SMILES string of the molecule is CC.COc1ccc(COSC)cc1. The number of benzene rings is 1. The number of rotatable bonds is 4. The van der Waals surface area contributed by atoms with Crippen LogP contribution in [0.5, 0.6) is 5.75 Å². The molecule has 0 atom stereocenters. The van der Waals surface area contributed by atoms with Gasteiger partial charge in [0.25, 0.3) is 0 Å². The van der Waals surface area contributed by atoms with Crippen LogP contribution in [0, 0.1) is 0 Å². The molecule has 2 nitrogen and oxygen atoms in total. The summed E-state index contributed by atoms with van der Waals surface area (Å²) in [6.07, 6.45) is 1.91. The van der Waals surface area contributed by atoms with E-state index in [9.17, 15) is 0 Å². The molecule has 0 saturated carbocycles. The highest BCUT2D eigenvalue weighted by molar-refractivity contribution is 7.93. The van der Waals surface area contributed by atoms with Crippen LogP contribution in [0.1, 0.15) is 19.4 Å². The second kappa shape index (κ2) is 8.91. The van der Waals surface area contributed by atoms with Gasteiger partial charge in [-0.3, -0.25) is 0 Å². The first-order chi connectivity index (χ1) is 6.86. The molecule has 0 amide bonds. The smallest absolute Gasteiger partial charge is 0.118 e. The minimum absolute atomic E-state index is 0.644. The van der Waals surface area contributed by atoms with Crippen LogP contribution >= 0.6 is 12.0 Å². The summed E-state index contributed by atoms with van der Waals surface area (Å²) in [5.74, 6) is 0.878. The molecule has 0 aliphatic rings. The van der Waals surface area contributed by atoms with E-state index in [4.69, 9.17) is 8.92 Å². The van der Waals surface area contributed by atoms with Crippen molar-refractivity contribution in [2.75, 3.05) is 13.4 Å². The molecule has 0 N–H and O–H groups in total. The molecular formula is C11H18O2S. The van der Waals surface area contributed by atoms with Crippen molar-refractivity contribution in [1.29, 1.82) is 0 Å². The molecule has 0 aromatic heterocycles.